The molecule has 0 unspecified atom stereocenters. The number of carbonyl (C=O) groups is 1. The van der Waals surface area contributed by atoms with Crippen molar-refractivity contribution in [1.29, 1.82) is 0 Å². The number of hydrogen-bond donors (Lipinski definition) is 1. The minimum Gasteiger partial charge on any atom is -0.497 e. The van der Waals surface area contributed by atoms with Crippen molar-refractivity contribution in [2.24, 2.45) is 11.8 Å². The summed E-state index contributed by atoms with van der Waals surface area (Å²) >= 11 is 0. The van der Waals surface area contributed by atoms with E-state index in [0.29, 0.717) is 17.7 Å². The third-order valence-corrected chi connectivity index (χ3v) is 7.57. The molecule has 3 fully saturated rings. The molecule has 5 nitrogen and oxygen atoms in total. The summed E-state index contributed by atoms with van der Waals surface area (Å²) in [6.07, 6.45) is 5.61. The van der Waals surface area contributed by atoms with Gasteiger partial charge in [0.05, 0.1) is 18.6 Å². The molecule has 3 aliphatic rings. The standard InChI is InChI=1S/C23H34N2O3/c1-24(2)20-12-16-14-25(15-17(16)13-21(20)26)22(27)23(10-4-5-11-23)18-6-8-19(28-3)9-7-18/h6-9,16-17,20-21,26H,4-5,10-15H2,1-3H3/t16-,17+,20-,21-/m1/s1. The van der Waals surface area contributed by atoms with Crippen molar-refractivity contribution < 1.29 is 14.6 Å². The zero-order valence-corrected chi connectivity index (χ0v) is 17.4. The number of aliphatic hydroxyl groups is 1. The van der Waals surface area contributed by atoms with Gasteiger partial charge < -0.3 is 19.6 Å². The molecule has 1 N–H and O–H groups in total. The van der Waals surface area contributed by atoms with E-state index in [9.17, 15) is 9.90 Å². The van der Waals surface area contributed by atoms with Gasteiger partial charge in [-0.2, -0.15) is 0 Å². The molecular formula is C23H34N2O3. The van der Waals surface area contributed by atoms with Gasteiger partial charge in [0.2, 0.25) is 5.91 Å². The first kappa shape index (κ1) is 19.7. The number of fused-ring (bicyclic) bond motifs is 1. The molecule has 2 saturated carbocycles. The summed E-state index contributed by atoms with van der Waals surface area (Å²) in [7, 11) is 5.76. The minimum absolute atomic E-state index is 0.207. The molecule has 154 valence electrons. The summed E-state index contributed by atoms with van der Waals surface area (Å²) in [6, 6.07) is 8.32. The summed E-state index contributed by atoms with van der Waals surface area (Å²) in [5.41, 5.74) is 0.760. The second kappa shape index (κ2) is 7.68. The average Bonchev–Trinajstić information content (AvgIpc) is 3.34. The van der Waals surface area contributed by atoms with E-state index < -0.39 is 0 Å². The van der Waals surface area contributed by atoms with Crippen LogP contribution < -0.4 is 4.74 Å². The lowest BCUT2D eigenvalue weighted by atomic mass is 9.77. The summed E-state index contributed by atoms with van der Waals surface area (Å²) in [5, 5.41) is 10.5. The van der Waals surface area contributed by atoms with Crippen molar-refractivity contribution >= 4 is 5.91 Å². The van der Waals surface area contributed by atoms with Gasteiger partial charge in [-0.25, -0.2) is 0 Å². The maximum Gasteiger partial charge on any atom is 0.233 e. The first-order valence-corrected chi connectivity index (χ1v) is 10.7. The maximum absolute atomic E-state index is 13.8. The number of amides is 1. The predicted molar refractivity (Wildman–Crippen MR) is 109 cm³/mol. The molecule has 0 aromatic heterocycles. The number of aliphatic hydroxyl groups excluding tert-OH is 1. The van der Waals surface area contributed by atoms with Crippen molar-refractivity contribution in [2.75, 3.05) is 34.3 Å². The third-order valence-electron chi connectivity index (χ3n) is 7.57. The van der Waals surface area contributed by atoms with Gasteiger partial charge in [-0.15, -0.1) is 0 Å². The molecule has 0 spiro atoms. The number of likely N-dealkylation sites (tertiary alicyclic amines) is 1. The molecule has 1 amide bonds. The number of benzene rings is 1. The molecule has 4 atom stereocenters. The highest BCUT2D eigenvalue weighted by Gasteiger charge is 2.49. The average molecular weight is 387 g/mol. The minimum atomic E-state index is -0.376. The van der Waals surface area contributed by atoms with Crippen molar-refractivity contribution in [3.05, 3.63) is 29.8 Å². The van der Waals surface area contributed by atoms with E-state index in [1.807, 2.05) is 26.2 Å². The Balaban J connectivity index is 1.54. The van der Waals surface area contributed by atoms with Crippen molar-refractivity contribution in [3.63, 3.8) is 0 Å². The zero-order chi connectivity index (χ0) is 19.9. The van der Waals surface area contributed by atoms with Crippen molar-refractivity contribution in [3.8, 4) is 5.75 Å². The van der Waals surface area contributed by atoms with Gasteiger partial charge >= 0.3 is 0 Å². The highest BCUT2D eigenvalue weighted by atomic mass is 16.5. The van der Waals surface area contributed by atoms with Crippen molar-refractivity contribution in [2.45, 2.75) is 56.1 Å². The Labute approximate surface area is 168 Å². The van der Waals surface area contributed by atoms with Crippen LogP contribution in [-0.4, -0.2) is 67.3 Å². The van der Waals surface area contributed by atoms with E-state index in [1.165, 1.54) is 0 Å². The van der Waals surface area contributed by atoms with Gasteiger partial charge in [0.25, 0.3) is 0 Å². The molecule has 4 rings (SSSR count). The fraction of sp³-hybridized carbons (Fsp3) is 0.696. The Morgan fingerprint density at radius 3 is 2.29 bits per heavy atom. The van der Waals surface area contributed by atoms with Crippen LogP contribution in [0.15, 0.2) is 24.3 Å². The predicted octanol–water partition coefficient (Wildman–Crippen LogP) is 2.67. The molecule has 1 aliphatic heterocycles. The van der Waals surface area contributed by atoms with Crippen molar-refractivity contribution in [1.82, 2.24) is 9.80 Å². The lowest BCUT2D eigenvalue weighted by Crippen LogP contribution is -2.46. The topological polar surface area (TPSA) is 53.0 Å². The first-order chi connectivity index (χ1) is 13.4. The summed E-state index contributed by atoms with van der Waals surface area (Å²) in [5.74, 6) is 2.08. The van der Waals surface area contributed by atoms with Gasteiger partial charge in [-0.05, 0) is 69.3 Å². The van der Waals surface area contributed by atoms with Gasteiger partial charge in [-0.3, -0.25) is 4.79 Å². The smallest absolute Gasteiger partial charge is 0.233 e. The molecule has 28 heavy (non-hydrogen) atoms. The molecule has 5 heteroatoms. The highest BCUT2D eigenvalue weighted by Crippen LogP contribution is 2.45. The number of carbonyl (C=O) groups excluding carboxylic acids is 1. The van der Waals surface area contributed by atoms with Crippen LogP contribution in [0.3, 0.4) is 0 Å². The number of likely N-dealkylation sites (N-methyl/N-ethyl adjacent to an activating group) is 1. The largest absolute Gasteiger partial charge is 0.497 e. The molecule has 0 bridgehead atoms. The van der Waals surface area contributed by atoms with Gasteiger partial charge in [0.1, 0.15) is 5.75 Å². The lowest BCUT2D eigenvalue weighted by Gasteiger charge is -2.38. The first-order valence-electron chi connectivity index (χ1n) is 10.7. The molecule has 0 radical (unpaired) electrons. The van der Waals surface area contributed by atoms with Crippen LogP contribution in [0.5, 0.6) is 5.75 Å². The van der Waals surface area contributed by atoms with Crippen LogP contribution in [0, 0.1) is 11.8 Å². The fourth-order valence-electron chi connectivity index (χ4n) is 5.95. The molecular weight excluding hydrogens is 352 g/mol. The van der Waals surface area contributed by atoms with E-state index in [4.69, 9.17) is 4.74 Å². The molecule has 1 aromatic rings. The third kappa shape index (κ3) is 3.33. The Hall–Kier alpha value is -1.59. The number of rotatable bonds is 4. The highest BCUT2D eigenvalue weighted by molar-refractivity contribution is 5.89. The molecule has 1 saturated heterocycles. The van der Waals surface area contributed by atoms with Crippen LogP contribution >= 0.6 is 0 Å². The fourth-order valence-corrected chi connectivity index (χ4v) is 5.95. The Morgan fingerprint density at radius 2 is 1.71 bits per heavy atom. The van der Waals surface area contributed by atoms with Crippen LogP contribution in [0.25, 0.3) is 0 Å². The van der Waals surface area contributed by atoms with Gasteiger partial charge in [0, 0.05) is 19.1 Å². The number of nitrogens with zero attached hydrogens (tertiary/aromatic N) is 2. The van der Waals surface area contributed by atoms with Gasteiger partial charge in [-0.1, -0.05) is 25.0 Å². The van der Waals surface area contributed by atoms with E-state index in [-0.39, 0.29) is 17.6 Å². The molecule has 2 aliphatic carbocycles. The SMILES string of the molecule is COc1ccc(C2(C(=O)N3C[C@H]4C[C@@H](N(C)C)[C@H](O)C[C@H]4C3)CCCC2)cc1. The van der Waals surface area contributed by atoms with Gasteiger partial charge in [0.15, 0.2) is 0 Å². The summed E-state index contributed by atoms with van der Waals surface area (Å²) in [4.78, 5) is 18.0. The van der Waals surface area contributed by atoms with Crippen LogP contribution in [0.4, 0.5) is 0 Å². The van der Waals surface area contributed by atoms with E-state index in [1.54, 1.807) is 7.11 Å². The maximum atomic E-state index is 13.8. The summed E-state index contributed by atoms with van der Waals surface area (Å²) < 4.78 is 5.31. The Morgan fingerprint density at radius 1 is 1.11 bits per heavy atom. The quantitative estimate of drug-likeness (QED) is 0.864. The normalized spacial score (nSPS) is 31.8. The lowest BCUT2D eigenvalue weighted by molar-refractivity contribution is -0.136. The Kier molecular flexibility index (Phi) is 5.41. The molecule has 1 heterocycles. The zero-order valence-electron chi connectivity index (χ0n) is 17.4. The van der Waals surface area contributed by atoms with E-state index in [2.05, 4.69) is 21.9 Å². The Bertz CT molecular complexity index is 696. The second-order valence-electron chi connectivity index (χ2n) is 9.32. The van der Waals surface area contributed by atoms with Crippen LogP contribution in [-0.2, 0) is 10.2 Å². The second-order valence-corrected chi connectivity index (χ2v) is 9.32. The molecule has 1 aromatic carbocycles. The monoisotopic (exact) mass is 386 g/mol. The van der Waals surface area contributed by atoms with E-state index in [0.717, 1.165) is 62.9 Å². The number of ether oxygens (including phenoxy) is 1. The van der Waals surface area contributed by atoms with E-state index >= 15 is 0 Å². The summed E-state index contributed by atoms with van der Waals surface area (Å²) in [6.45, 7) is 1.65. The number of hydrogen-bond acceptors (Lipinski definition) is 4. The number of methoxy groups -OCH3 is 1. The van der Waals surface area contributed by atoms with Crippen LogP contribution in [0.1, 0.15) is 44.1 Å². The van der Waals surface area contributed by atoms with Crippen LogP contribution in [0.2, 0.25) is 0 Å².